The maximum Gasteiger partial charge on any atom is 0.271 e. The molecule has 0 aliphatic heterocycles. The van der Waals surface area contributed by atoms with Gasteiger partial charge in [0.1, 0.15) is 4.88 Å². The van der Waals surface area contributed by atoms with Gasteiger partial charge < -0.3 is 10.3 Å². The normalized spacial score (nSPS) is 12.9. The van der Waals surface area contributed by atoms with Crippen molar-refractivity contribution in [3.63, 3.8) is 0 Å². The number of hydrogen-bond acceptors (Lipinski definition) is 7. The minimum atomic E-state index is -0.178. The van der Waals surface area contributed by atoms with Gasteiger partial charge >= 0.3 is 0 Å². The summed E-state index contributed by atoms with van der Waals surface area (Å²) in [7, 11) is 0. The van der Waals surface area contributed by atoms with Gasteiger partial charge in [-0.05, 0) is 24.4 Å². The van der Waals surface area contributed by atoms with E-state index in [4.69, 9.17) is 10.3 Å². The van der Waals surface area contributed by atoms with E-state index in [9.17, 15) is 0 Å². The van der Waals surface area contributed by atoms with Gasteiger partial charge in [0.05, 0.1) is 11.7 Å². The van der Waals surface area contributed by atoms with Gasteiger partial charge in [0.15, 0.2) is 5.82 Å². The number of hydrogen-bond donors (Lipinski definition) is 1. The Labute approximate surface area is 103 Å². The zero-order valence-corrected chi connectivity index (χ0v) is 10.7. The lowest BCUT2D eigenvalue weighted by atomic mass is 10.2. The zero-order chi connectivity index (χ0) is 12.3. The van der Waals surface area contributed by atoms with E-state index in [1.165, 1.54) is 11.5 Å². The maximum absolute atomic E-state index is 5.84. The van der Waals surface area contributed by atoms with Crippen LogP contribution in [0.5, 0.6) is 0 Å². The van der Waals surface area contributed by atoms with Crippen molar-refractivity contribution in [2.75, 3.05) is 0 Å². The Morgan fingerprint density at radius 2 is 2.24 bits per heavy atom. The van der Waals surface area contributed by atoms with Crippen LogP contribution in [-0.4, -0.2) is 19.7 Å². The fraction of sp³-hybridized carbons (Fsp3) is 0.600. The molecule has 0 fully saturated rings. The fourth-order valence-electron chi connectivity index (χ4n) is 1.43. The van der Waals surface area contributed by atoms with Crippen LogP contribution in [0.1, 0.15) is 44.2 Å². The predicted octanol–water partition coefficient (Wildman–Crippen LogP) is 1.95. The van der Waals surface area contributed by atoms with E-state index in [1.54, 1.807) is 0 Å². The van der Waals surface area contributed by atoms with Crippen LogP contribution in [0, 0.1) is 0 Å². The van der Waals surface area contributed by atoms with E-state index < -0.39 is 0 Å². The van der Waals surface area contributed by atoms with Crippen LogP contribution in [0.4, 0.5) is 0 Å². The molecule has 17 heavy (non-hydrogen) atoms. The van der Waals surface area contributed by atoms with Crippen LogP contribution in [0.3, 0.4) is 0 Å². The molecule has 1 unspecified atom stereocenters. The van der Waals surface area contributed by atoms with Crippen LogP contribution in [-0.2, 0) is 6.42 Å². The highest BCUT2D eigenvalue weighted by Crippen LogP contribution is 2.26. The lowest BCUT2D eigenvalue weighted by Crippen LogP contribution is -2.10. The van der Waals surface area contributed by atoms with Crippen molar-refractivity contribution >= 4 is 11.5 Å². The first kappa shape index (κ1) is 12.1. The van der Waals surface area contributed by atoms with Gasteiger partial charge in [-0.1, -0.05) is 29.9 Å². The van der Waals surface area contributed by atoms with Gasteiger partial charge in [-0.3, -0.25) is 0 Å². The fourth-order valence-corrected chi connectivity index (χ4v) is 2.06. The standard InChI is InChI=1S/C10H15N5OS/c1-3-5-7-8(17-15-13-7)10-12-9(14-16-10)6(11)4-2/h6H,3-5,11H2,1-2H3. The van der Waals surface area contributed by atoms with E-state index in [-0.39, 0.29) is 6.04 Å². The monoisotopic (exact) mass is 253 g/mol. The summed E-state index contributed by atoms with van der Waals surface area (Å²) in [5.41, 5.74) is 6.76. The van der Waals surface area contributed by atoms with E-state index >= 15 is 0 Å². The highest BCUT2D eigenvalue weighted by molar-refractivity contribution is 7.09. The molecule has 92 valence electrons. The van der Waals surface area contributed by atoms with Crippen LogP contribution in [0.25, 0.3) is 10.8 Å². The minimum absolute atomic E-state index is 0.178. The molecule has 0 aliphatic rings. The van der Waals surface area contributed by atoms with Gasteiger partial charge in [-0.15, -0.1) is 5.10 Å². The topological polar surface area (TPSA) is 90.7 Å². The van der Waals surface area contributed by atoms with Crippen molar-refractivity contribution < 1.29 is 4.52 Å². The molecular weight excluding hydrogens is 238 g/mol. The van der Waals surface area contributed by atoms with Crippen molar-refractivity contribution in [3.8, 4) is 10.8 Å². The summed E-state index contributed by atoms with van der Waals surface area (Å²) in [5, 5.41) is 7.95. The second-order valence-electron chi connectivity index (χ2n) is 3.77. The molecule has 7 heteroatoms. The number of aromatic nitrogens is 4. The van der Waals surface area contributed by atoms with Gasteiger partial charge in [-0.25, -0.2) is 0 Å². The first-order valence-electron chi connectivity index (χ1n) is 5.67. The van der Waals surface area contributed by atoms with E-state index in [0.29, 0.717) is 11.7 Å². The Morgan fingerprint density at radius 1 is 1.41 bits per heavy atom. The zero-order valence-electron chi connectivity index (χ0n) is 9.88. The van der Waals surface area contributed by atoms with Crippen LogP contribution in [0.2, 0.25) is 0 Å². The minimum Gasteiger partial charge on any atom is -0.333 e. The summed E-state index contributed by atoms with van der Waals surface area (Å²) in [6.07, 6.45) is 2.65. The van der Waals surface area contributed by atoms with Gasteiger partial charge in [0.2, 0.25) is 0 Å². The molecule has 2 aromatic rings. The molecule has 1 atom stereocenters. The van der Waals surface area contributed by atoms with Crippen LogP contribution in [0.15, 0.2) is 4.52 Å². The van der Waals surface area contributed by atoms with Gasteiger partial charge in [0.25, 0.3) is 5.89 Å². The average Bonchev–Trinajstić information content (AvgIpc) is 2.96. The molecular formula is C10H15N5OS. The average molecular weight is 253 g/mol. The molecule has 6 nitrogen and oxygen atoms in total. The molecule has 2 N–H and O–H groups in total. The Balaban J connectivity index is 2.27. The van der Waals surface area contributed by atoms with Crippen LogP contribution >= 0.6 is 11.5 Å². The van der Waals surface area contributed by atoms with Crippen molar-refractivity contribution in [1.82, 2.24) is 19.7 Å². The van der Waals surface area contributed by atoms with E-state index in [1.807, 2.05) is 6.92 Å². The third-order valence-corrected chi connectivity index (χ3v) is 3.21. The molecule has 0 spiro atoms. The molecule has 0 radical (unpaired) electrons. The maximum atomic E-state index is 5.84. The lowest BCUT2D eigenvalue weighted by Gasteiger charge is -1.99. The molecule has 2 aromatic heterocycles. The summed E-state index contributed by atoms with van der Waals surface area (Å²) in [5.74, 6) is 1.01. The summed E-state index contributed by atoms with van der Waals surface area (Å²) < 4.78 is 9.13. The Kier molecular flexibility index (Phi) is 3.80. The molecule has 0 bridgehead atoms. The van der Waals surface area contributed by atoms with Gasteiger partial charge in [-0.2, -0.15) is 4.98 Å². The Bertz CT molecular complexity index is 481. The lowest BCUT2D eigenvalue weighted by molar-refractivity contribution is 0.415. The largest absolute Gasteiger partial charge is 0.333 e. The quantitative estimate of drug-likeness (QED) is 0.875. The molecule has 2 heterocycles. The second-order valence-corrected chi connectivity index (χ2v) is 4.53. The molecule has 0 amide bonds. The summed E-state index contributed by atoms with van der Waals surface area (Å²) in [4.78, 5) is 5.15. The van der Waals surface area contributed by atoms with Crippen LogP contribution < -0.4 is 5.73 Å². The third-order valence-electron chi connectivity index (χ3n) is 2.45. The highest BCUT2D eigenvalue weighted by atomic mass is 32.1. The number of nitrogens with zero attached hydrogens (tertiary/aromatic N) is 4. The van der Waals surface area contributed by atoms with Crippen molar-refractivity contribution in [2.24, 2.45) is 5.73 Å². The summed E-state index contributed by atoms with van der Waals surface area (Å²) in [6, 6.07) is -0.178. The van der Waals surface area contributed by atoms with E-state index in [0.717, 1.165) is 29.8 Å². The Hall–Kier alpha value is -1.34. The number of rotatable bonds is 5. The second kappa shape index (κ2) is 5.33. The molecule has 0 aromatic carbocycles. The van der Waals surface area contributed by atoms with E-state index in [2.05, 4.69) is 26.7 Å². The molecule has 0 aliphatic carbocycles. The summed E-state index contributed by atoms with van der Waals surface area (Å²) in [6.45, 7) is 4.08. The molecule has 2 rings (SSSR count). The number of nitrogens with two attached hydrogens (primary N) is 1. The Morgan fingerprint density at radius 3 is 2.94 bits per heavy atom. The first-order chi connectivity index (χ1) is 8.26. The van der Waals surface area contributed by atoms with Crippen molar-refractivity contribution in [1.29, 1.82) is 0 Å². The third kappa shape index (κ3) is 2.50. The predicted molar refractivity (Wildman–Crippen MR) is 64.4 cm³/mol. The molecule has 0 saturated heterocycles. The number of aryl methyl sites for hydroxylation is 1. The van der Waals surface area contributed by atoms with Gasteiger partial charge in [0, 0.05) is 0 Å². The summed E-state index contributed by atoms with van der Waals surface area (Å²) >= 11 is 1.28. The van der Waals surface area contributed by atoms with Crippen molar-refractivity contribution in [2.45, 2.75) is 39.2 Å². The van der Waals surface area contributed by atoms with Crippen molar-refractivity contribution in [3.05, 3.63) is 11.5 Å². The SMILES string of the molecule is CCCc1nnsc1-c1nc(C(N)CC)no1. The highest BCUT2D eigenvalue weighted by Gasteiger charge is 2.18. The first-order valence-corrected chi connectivity index (χ1v) is 6.44. The smallest absolute Gasteiger partial charge is 0.271 e. The molecule has 0 saturated carbocycles.